The van der Waals surface area contributed by atoms with Crippen molar-refractivity contribution in [2.45, 2.75) is 83.1 Å². The quantitative estimate of drug-likeness (QED) is 0.303. The number of alkyl halides is 1. The van der Waals surface area contributed by atoms with E-state index in [1.54, 1.807) is 0 Å². The molecular weight excluding hydrogens is 478 g/mol. The van der Waals surface area contributed by atoms with Crippen molar-refractivity contribution >= 4 is 33.5 Å². The Morgan fingerprint density at radius 2 is 1.76 bits per heavy atom. The van der Waals surface area contributed by atoms with Gasteiger partial charge >= 0.3 is 5.97 Å². The van der Waals surface area contributed by atoms with Crippen molar-refractivity contribution < 1.29 is 14.3 Å². The number of halogens is 1. The van der Waals surface area contributed by atoms with Crippen molar-refractivity contribution in [1.29, 1.82) is 0 Å². The number of carbonyl (C=O) groups is 2. The number of benzene rings is 2. The van der Waals surface area contributed by atoms with Crippen LogP contribution >= 0.6 is 15.9 Å². The van der Waals surface area contributed by atoms with Gasteiger partial charge in [0.25, 0.3) is 0 Å². The van der Waals surface area contributed by atoms with Crippen LogP contribution in [0.2, 0.25) is 0 Å². The molecule has 1 saturated carbocycles. The Balaban J connectivity index is 1.75. The smallest absolute Gasteiger partial charge is 0.306 e. The molecule has 33 heavy (non-hydrogen) atoms. The van der Waals surface area contributed by atoms with Gasteiger partial charge in [0.15, 0.2) is 0 Å². The molecule has 1 atom stereocenters. The fraction of sp³-hybridized carbons (Fsp3) is 0.500. The number of hydrogen-bond acceptors (Lipinski definition) is 3. The second kappa shape index (κ2) is 11.3. The maximum Gasteiger partial charge on any atom is 0.306 e. The van der Waals surface area contributed by atoms with Crippen molar-refractivity contribution in [3.8, 4) is 0 Å². The summed E-state index contributed by atoms with van der Waals surface area (Å²) >= 11 is 3.50. The number of rotatable bonds is 8. The Bertz CT molecular complexity index is 956. The van der Waals surface area contributed by atoms with E-state index >= 15 is 0 Å². The molecule has 0 spiro atoms. The van der Waals surface area contributed by atoms with Crippen molar-refractivity contribution in [3.63, 3.8) is 0 Å². The second-order valence-corrected chi connectivity index (χ2v) is 10.6. The molecule has 0 heterocycles. The highest BCUT2D eigenvalue weighted by molar-refractivity contribution is 9.08. The van der Waals surface area contributed by atoms with Crippen molar-refractivity contribution in [1.82, 2.24) is 0 Å². The monoisotopic (exact) mass is 513 g/mol. The summed E-state index contributed by atoms with van der Waals surface area (Å²) in [5.41, 5.74) is 4.69. The number of anilines is 1. The van der Waals surface area contributed by atoms with E-state index in [1.165, 1.54) is 18.4 Å². The first-order valence-electron chi connectivity index (χ1n) is 11.9. The molecule has 5 heteroatoms. The van der Waals surface area contributed by atoms with E-state index < -0.39 is 5.60 Å². The number of amides is 1. The Hall–Kier alpha value is -2.14. The average molecular weight is 515 g/mol. The van der Waals surface area contributed by atoms with Crippen LogP contribution in [-0.2, 0) is 26.1 Å². The zero-order valence-electron chi connectivity index (χ0n) is 20.2. The fourth-order valence-electron chi connectivity index (χ4n) is 4.67. The van der Waals surface area contributed by atoms with Crippen LogP contribution in [-0.4, -0.2) is 17.5 Å². The topological polar surface area (TPSA) is 55.4 Å². The third kappa shape index (κ3) is 7.17. The van der Waals surface area contributed by atoms with Crippen LogP contribution in [0.15, 0.2) is 42.5 Å². The van der Waals surface area contributed by atoms with Crippen LogP contribution in [0.4, 0.5) is 5.69 Å². The van der Waals surface area contributed by atoms with Gasteiger partial charge in [0.2, 0.25) is 5.91 Å². The Kier molecular flexibility index (Phi) is 8.75. The summed E-state index contributed by atoms with van der Waals surface area (Å²) in [6.45, 7) is 7.64. The van der Waals surface area contributed by atoms with Gasteiger partial charge in [0.05, 0.1) is 5.92 Å². The van der Waals surface area contributed by atoms with Gasteiger partial charge in [-0.3, -0.25) is 9.59 Å². The molecule has 2 aromatic carbocycles. The summed E-state index contributed by atoms with van der Waals surface area (Å²) in [7, 11) is 0. The largest absolute Gasteiger partial charge is 0.460 e. The van der Waals surface area contributed by atoms with Gasteiger partial charge < -0.3 is 10.1 Å². The third-order valence-corrected chi connectivity index (χ3v) is 7.02. The predicted octanol–water partition coefficient (Wildman–Crippen LogP) is 7.08. The maximum atomic E-state index is 13.5. The van der Waals surface area contributed by atoms with E-state index in [0.29, 0.717) is 18.8 Å². The van der Waals surface area contributed by atoms with Gasteiger partial charge in [-0.1, -0.05) is 65.2 Å². The summed E-state index contributed by atoms with van der Waals surface area (Å²) in [4.78, 5) is 25.7. The van der Waals surface area contributed by atoms with E-state index in [1.807, 2.05) is 45.9 Å². The normalized spacial score (nSPS) is 15.3. The fourth-order valence-corrected chi connectivity index (χ4v) is 5.05. The van der Waals surface area contributed by atoms with Gasteiger partial charge in [-0.05, 0) is 81.2 Å². The SMILES string of the molecule is Cc1c(CCC(=O)OC(C)(C)C)cccc1NC(=O)C(c1ccc(CBr)cc1)C1CCCC1. The summed E-state index contributed by atoms with van der Waals surface area (Å²) in [6, 6.07) is 14.3. The van der Waals surface area contributed by atoms with Gasteiger partial charge in [0.1, 0.15) is 5.60 Å². The molecule has 178 valence electrons. The molecule has 0 bridgehead atoms. The molecule has 0 aromatic heterocycles. The van der Waals surface area contributed by atoms with Gasteiger partial charge in [-0.25, -0.2) is 0 Å². The molecular formula is C28H36BrNO3. The van der Waals surface area contributed by atoms with Gasteiger partial charge in [-0.2, -0.15) is 0 Å². The van der Waals surface area contributed by atoms with Crippen LogP contribution in [0.3, 0.4) is 0 Å². The first-order chi connectivity index (χ1) is 15.7. The minimum absolute atomic E-state index is 0.0564. The van der Waals surface area contributed by atoms with Crippen LogP contribution < -0.4 is 5.32 Å². The minimum Gasteiger partial charge on any atom is -0.460 e. The standard InChI is InChI=1S/C28H36BrNO3/c1-19-21(16-17-25(31)33-28(2,3)4)10-7-11-24(19)30-27(32)26(22-8-5-6-9-22)23-14-12-20(18-29)13-15-23/h7,10-15,22,26H,5-6,8-9,16-18H2,1-4H3,(H,30,32). The Labute approximate surface area is 206 Å². The number of carbonyl (C=O) groups excluding carboxylic acids is 2. The van der Waals surface area contributed by atoms with E-state index in [-0.39, 0.29) is 17.8 Å². The van der Waals surface area contributed by atoms with E-state index in [9.17, 15) is 9.59 Å². The number of aryl methyl sites for hydroxylation is 1. The molecule has 1 fully saturated rings. The third-order valence-electron chi connectivity index (χ3n) is 6.37. The summed E-state index contributed by atoms with van der Waals surface area (Å²) in [5, 5.41) is 4.02. The zero-order valence-corrected chi connectivity index (χ0v) is 21.8. The molecule has 1 amide bonds. The highest BCUT2D eigenvalue weighted by Gasteiger charge is 2.32. The first-order valence-corrected chi connectivity index (χ1v) is 13.1. The average Bonchev–Trinajstić information content (AvgIpc) is 3.28. The van der Waals surface area contributed by atoms with E-state index in [2.05, 4.69) is 45.5 Å². The zero-order chi connectivity index (χ0) is 24.0. The minimum atomic E-state index is -0.482. The van der Waals surface area contributed by atoms with Crippen molar-refractivity contribution in [3.05, 3.63) is 64.7 Å². The van der Waals surface area contributed by atoms with Crippen molar-refractivity contribution in [2.75, 3.05) is 5.32 Å². The molecule has 4 nitrogen and oxygen atoms in total. The molecule has 1 aliphatic rings. The first kappa shape index (κ1) is 25.5. The highest BCUT2D eigenvalue weighted by Crippen LogP contribution is 2.38. The molecule has 2 aromatic rings. The molecule has 1 unspecified atom stereocenters. The lowest BCUT2D eigenvalue weighted by Gasteiger charge is -2.24. The Morgan fingerprint density at radius 1 is 1.09 bits per heavy atom. The van der Waals surface area contributed by atoms with Gasteiger partial charge in [-0.15, -0.1) is 0 Å². The maximum absolute atomic E-state index is 13.5. The van der Waals surface area contributed by atoms with Crippen LogP contribution in [0.5, 0.6) is 0 Å². The lowest BCUT2D eigenvalue weighted by Crippen LogP contribution is -2.27. The summed E-state index contributed by atoms with van der Waals surface area (Å²) < 4.78 is 5.44. The van der Waals surface area contributed by atoms with Crippen LogP contribution in [0, 0.1) is 12.8 Å². The summed E-state index contributed by atoms with van der Waals surface area (Å²) in [6.07, 6.45) is 5.46. The van der Waals surface area contributed by atoms with Crippen molar-refractivity contribution in [2.24, 2.45) is 5.92 Å². The second-order valence-electron chi connectivity index (χ2n) is 10.1. The molecule has 1 aliphatic carbocycles. The molecule has 3 rings (SSSR count). The van der Waals surface area contributed by atoms with E-state index in [0.717, 1.165) is 40.5 Å². The number of nitrogens with one attached hydrogen (secondary N) is 1. The van der Waals surface area contributed by atoms with Crippen LogP contribution in [0.1, 0.15) is 81.0 Å². The molecule has 0 radical (unpaired) electrons. The molecule has 0 saturated heterocycles. The molecule has 0 aliphatic heterocycles. The predicted molar refractivity (Wildman–Crippen MR) is 138 cm³/mol. The number of ether oxygens (including phenoxy) is 1. The van der Waals surface area contributed by atoms with Gasteiger partial charge in [0, 0.05) is 17.4 Å². The Morgan fingerprint density at radius 3 is 2.36 bits per heavy atom. The lowest BCUT2D eigenvalue weighted by molar-refractivity contribution is -0.154. The highest BCUT2D eigenvalue weighted by atomic mass is 79.9. The van der Waals surface area contributed by atoms with Crippen LogP contribution in [0.25, 0.3) is 0 Å². The van der Waals surface area contributed by atoms with E-state index in [4.69, 9.17) is 4.74 Å². The lowest BCUT2D eigenvalue weighted by atomic mass is 9.83. The number of esters is 1. The summed E-state index contributed by atoms with van der Waals surface area (Å²) in [5.74, 6) is 0.0719. The molecule has 1 N–H and O–H groups in total. The number of hydrogen-bond donors (Lipinski definition) is 1.